The van der Waals surface area contributed by atoms with Gasteiger partial charge in [-0.15, -0.1) is 0 Å². The Hall–Kier alpha value is -1.16. The third kappa shape index (κ3) is 2.95. The molecule has 1 N–H and O–H groups in total. The minimum atomic E-state index is -0.0297. The van der Waals surface area contributed by atoms with E-state index in [4.69, 9.17) is 4.74 Å². The van der Waals surface area contributed by atoms with E-state index in [2.05, 4.69) is 29.1 Å². The van der Waals surface area contributed by atoms with Crippen molar-refractivity contribution in [3.8, 4) is 0 Å². The number of ether oxygens (including phenoxy) is 1. The number of rotatable bonds is 2. The van der Waals surface area contributed by atoms with Crippen LogP contribution in [0.2, 0.25) is 0 Å². The first-order valence-electron chi connectivity index (χ1n) is 7.80. The molecule has 1 aliphatic carbocycles. The van der Waals surface area contributed by atoms with E-state index in [0.717, 1.165) is 43.9 Å². The monoisotopic (exact) mass is 275 g/mol. The van der Waals surface area contributed by atoms with Gasteiger partial charge < -0.3 is 10.1 Å². The first kappa shape index (κ1) is 13.8. The Morgan fingerprint density at radius 3 is 2.80 bits per heavy atom. The second kappa shape index (κ2) is 5.32. The maximum Gasteiger partial charge on any atom is 0.133 e. The van der Waals surface area contributed by atoms with Gasteiger partial charge in [-0.2, -0.15) is 0 Å². The standard InChI is InChI=1S/C16H25N3O/c1-11-17-14-7-5-4-6-13(14)15(18-11)19-12-8-9-20-16(2,3)10-12/h12H,4-10H2,1-3H3,(H,17,18,19). The van der Waals surface area contributed by atoms with Gasteiger partial charge in [0.1, 0.15) is 11.6 Å². The van der Waals surface area contributed by atoms with Gasteiger partial charge in [0.25, 0.3) is 0 Å². The van der Waals surface area contributed by atoms with Crippen molar-refractivity contribution in [1.82, 2.24) is 9.97 Å². The molecule has 1 fully saturated rings. The van der Waals surface area contributed by atoms with Crippen LogP contribution in [0.5, 0.6) is 0 Å². The van der Waals surface area contributed by atoms with E-state index in [1.165, 1.54) is 24.1 Å². The predicted molar refractivity (Wildman–Crippen MR) is 80.1 cm³/mol. The van der Waals surface area contributed by atoms with Gasteiger partial charge in [0.05, 0.1) is 5.60 Å². The van der Waals surface area contributed by atoms with E-state index >= 15 is 0 Å². The molecule has 2 heterocycles. The maximum atomic E-state index is 5.80. The van der Waals surface area contributed by atoms with Crippen LogP contribution in [0.25, 0.3) is 0 Å². The van der Waals surface area contributed by atoms with E-state index in [1.54, 1.807) is 0 Å². The molecule has 0 saturated carbocycles. The molecule has 0 radical (unpaired) electrons. The Kier molecular flexibility index (Phi) is 3.67. The number of hydrogen-bond acceptors (Lipinski definition) is 4. The minimum absolute atomic E-state index is 0.0297. The fraction of sp³-hybridized carbons (Fsp3) is 0.750. The molecule has 1 unspecified atom stereocenters. The van der Waals surface area contributed by atoms with Gasteiger partial charge >= 0.3 is 0 Å². The van der Waals surface area contributed by atoms with Crippen molar-refractivity contribution in [1.29, 1.82) is 0 Å². The minimum Gasteiger partial charge on any atom is -0.375 e. The SMILES string of the molecule is Cc1nc2c(c(NC3CCOC(C)(C)C3)n1)CCCC2. The molecule has 1 atom stereocenters. The van der Waals surface area contributed by atoms with Gasteiger partial charge in [0, 0.05) is 23.9 Å². The topological polar surface area (TPSA) is 47.0 Å². The van der Waals surface area contributed by atoms with Crippen LogP contribution < -0.4 is 5.32 Å². The number of nitrogens with zero attached hydrogens (tertiary/aromatic N) is 2. The molecule has 1 aromatic rings. The summed E-state index contributed by atoms with van der Waals surface area (Å²) >= 11 is 0. The number of nitrogens with one attached hydrogen (secondary N) is 1. The van der Waals surface area contributed by atoms with Crippen LogP contribution in [-0.2, 0) is 17.6 Å². The molecule has 1 aromatic heterocycles. The van der Waals surface area contributed by atoms with Crippen LogP contribution in [0.3, 0.4) is 0 Å². The summed E-state index contributed by atoms with van der Waals surface area (Å²) in [5.74, 6) is 1.97. The molecule has 3 rings (SSSR count). The average molecular weight is 275 g/mol. The highest BCUT2D eigenvalue weighted by molar-refractivity contribution is 5.48. The molecule has 0 amide bonds. The summed E-state index contributed by atoms with van der Waals surface area (Å²) in [4.78, 5) is 9.29. The van der Waals surface area contributed by atoms with Crippen molar-refractivity contribution in [3.63, 3.8) is 0 Å². The second-order valence-corrected chi connectivity index (χ2v) is 6.69. The molecular formula is C16H25N3O. The van der Waals surface area contributed by atoms with Crippen LogP contribution in [0.4, 0.5) is 5.82 Å². The van der Waals surface area contributed by atoms with E-state index in [-0.39, 0.29) is 5.60 Å². The van der Waals surface area contributed by atoms with Crippen molar-refractivity contribution in [2.24, 2.45) is 0 Å². The van der Waals surface area contributed by atoms with Gasteiger partial charge in [-0.05, 0) is 59.3 Å². The van der Waals surface area contributed by atoms with Gasteiger partial charge in [-0.1, -0.05) is 0 Å². The van der Waals surface area contributed by atoms with Crippen LogP contribution >= 0.6 is 0 Å². The lowest BCUT2D eigenvalue weighted by Crippen LogP contribution is -2.40. The van der Waals surface area contributed by atoms with Gasteiger partial charge in [-0.3, -0.25) is 0 Å². The van der Waals surface area contributed by atoms with Crippen molar-refractivity contribution in [2.75, 3.05) is 11.9 Å². The molecule has 110 valence electrons. The number of aromatic nitrogens is 2. The highest BCUT2D eigenvalue weighted by Crippen LogP contribution is 2.30. The molecular weight excluding hydrogens is 250 g/mol. The largest absolute Gasteiger partial charge is 0.375 e. The maximum absolute atomic E-state index is 5.80. The smallest absolute Gasteiger partial charge is 0.133 e. The molecule has 1 aliphatic heterocycles. The second-order valence-electron chi connectivity index (χ2n) is 6.69. The zero-order valence-electron chi connectivity index (χ0n) is 12.8. The van der Waals surface area contributed by atoms with E-state index in [1.807, 2.05) is 6.92 Å². The zero-order chi connectivity index (χ0) is 14.2. The number of hydrogen-bond donors (Lipinski definition) is 1. The summed E-state index contributed by atoms with van der Waals surface area (Å²) < 4.78 is 5.80. The molecule has 0 spiro atoms. The lowest BCUT2D eigenvalue weighted by atomic mass is 9.92. The summed E-state index contributed by atoms with van der Waals surface area (Å²) in [7, 11) is 0. The molecule has 20 heavy (non-hydrogen) atoms. The highest BCUT2D eigenvalue weighted by Gasteiger charge is 2.29. The lowest BCUT2D eigenvalue weighted by Gasteiger charge is -2.36. The van der Waals surface area contributed by atoms with Crippen molar-refractivity contribution >= 4 is 5.82 Å². The van der Waals surface area contributed by atoms with Crippen LogP contribution in [-0.4, -0.2) is 28.2 Å². The normalized spacial score (nSPS) is 25.1. The van der Waals surface area contributed by atoms with Crippen LogP contribution in [0, 0.1) is 6.92 Å². The Balaban J connectivity index is 1.81. The van der Waals surface area contributed by atoms with Gasteiger partial charge in [0.15, 0.2) is 0 Å². The summed E-state index contributed by atoms with van der Waals surface area (Å²) in [6.07, 6.45) is 6.82. The third-order valence-electron chi connectivity index (χ3n) is 4.33. The summed E-state index contributed by atoms with van der Waals surface area (Å²) in [6.45, 7) is 7.16. The first-order valence-corrected chi connectivity index (χ1v) is 7.80. The predicted octanol–water partition coefficient (Wildman–Crippen LogP) is 3.03. The van der Waals surface area contributed by atoms with Crippen molar-refractivity contribution in [3.05, 3.63) is 17.1 Å². The summed E-state index contributed by atoms with van der Waals surface area (Å²) in [5, 5.41) is 3.67. The fourth-order valence-electron chi connectivity index (χ4n) is 3.39. The van der Waals surface area contributed by atoms with Crippen molar-refractivity contribution < 1.29 is 4.74 Å². The van der Waals surface area contributed by atoms with Crippen LogP contribution in [0.1, 0.15) is 56.6 Å². The average Bonchev–Trinajstić information content (AvgIpc) is 2.37. The van der Waals surface area contributed by atoms with E-state index in [0.29, 0.717) is 6.04 Å². The van der Waals surface area contributed by atoms with E-state index in [9.17, 15) is 0 Å². The Labute approximate surface area is 121 Å². The quantitative estimate of drug-likeness (QED) is 0.901. The lowest BCUT2D eigenvalue weighted by molar-refractivity contribution is -0.0553. The first-order chi connectivity index (χ1) is 9.53. The third-order valence-corrected chi connectivity index (χ3v) is 4.33. The Bertz CT molecular complexity index is 499. The Morgan fingerprint density at radius 2 is 2.00 bits per heavy atom. The zero-order valence-corrected chi connectivity index (χ0v) is 12.8. The highest BCUT2D eigenvalue weighted by atomic mass is 16.5. The number of aryl methyl sites for hydroxylation is 2. The van der Waals surface area contributed by atoms with E-state index < -0.39 is 0 Å². The molecule has 1 saturated heterocycles. The number of fused-ring (bicyclic) bond motifs is 1. The molecule has 0 aromatic carbocycles. The van der Waals surface area contributed by atoms with Gasteiger partial charge in [0.2, 0.25) is 0 Å². The summed E-state index contributed by atoms with van der Waals surface area (Å²) in [5.41, 5.74) is 2.58. The van der Waals surface area contributed by atoms with Crippen LogP contribution in [0.15, 0.2) is 0 Å². The molecule has 4 heteroatoms. The summed E-state index contributed by atoms with van der Waals surface area (Å²) in [6, 6.07) is 0.457. The molecule has 4 nitrogen and oxygen atoms in total. The molecule has 2 aliphatic rings. The molecule has 0 bridgehead atoms. The van der Waals surface area contributed by atoms with Gasteiger partial charge in [-0.25, -0.2) is 9.97 Å². The fourth-order valence-corrected chi connectivity index (χ4v) is 3.39. The number of anilines is 1. The Morgan fingerprint density at radius 1 is 1.20 bits per heavy atom. The van der Waals surface area contributed by atoms with Crippen molar-refractivity contribution in [2.45, 2.75) is 70.9 Å².